The summed E-state index contributed by atoms with van der Waals surface area (Å²) >= 11 is 0. The van der Waals surface area contributed by atoms with Gasteiger partial charge in [0.05, 0.1) is 0 Å². The highest BCUT2D eigenvalue weighted by Gasteiger charge is 2.49. The second-order valence-electron chi connectivity index (χ2n) is 7.99. The van der Waals surface area contributed by atoms with Crippen molar-refractivity contribution in [3.8, 4) is 0 Å². The van der Waals surface area contributed by atoms with Crippen LogP contribution in [0.15, 0.2) is 72.8 Å². The van der Waals surface area contributed by atoms with Crippen molar-refractivity contribution < 1.29 is 9.53 Å². The zero-order valence-electron chi connectivity index (χ0n) is 17.0. The molecule has 0 atom stereocenters. The third-order valence-electron chi connectivity index (χ3n) is 4.95. The summed E-state index contributed by atoms with van der Waals surface area (Å²) in [5, 5.41) is 11.5. The van der Waals surface area contributed by atoms with E-state index in [1.165, 1.54) is 10.4 Å². The number of unbranched alkanes of at least 4 members (excludes halogenated alkanes) is 2. The lowest BCUT2D eigenvalue weighted by molar-refractivity contribution is 0.289. The van der Waals surface area contributed by atoms with Crippen LogP contribution in [0.25, 0.3) is 0 Å². The molecule has 27 heavy (non-hydrogen) atoms. The second-order valence-corrected chi connectivity index (χ2v) is 12.3. The van der Waals surface area contributed by atoms with Crippen LogP contribution >= 0.6 is 0 Å². The molecule has 0 aliphatic heterocycles. The van der Waals surface area contributed by atoms with Crippen molar-refractivity contribution in [1.82, 2.24) is 0 Å². The molecule has 2 rings (SSSR count). The molecule has 2 aromatic rings. The van der Waals surface area contributed by atoms with Crippen molar-refractivity contribution in [1.29, 1.82) is 0 Å². The quantitative estimate of drug-likeness (QED) is 0.367. The number of benzene rings is 2. The first-order valence-electron chi connectivity index (χ1n) is 10.0. The van der Waals surface area contributed by atoms with Gasteiger partial charge in [0.1, 0.15) is 0 Å². The van der Waals surface area contributed by atoms with Gasteiger partial charge < -0.3 is 9.53 Å². The normalized spacial score (nSPS) is 12.6. The van der Waals surface area contributed by atoms with Gasteiger partial charge in [-0.3, -0.25) is 0 Å². The molecule has 0 aromatic heterocycles. The van der Waals surface area contributed by atoms with Gasteiger partial charge in [-0.1, -0.05) is 93.6 Å². The maximum atomic E-state index is 8.84. The van der Waals surface area contributed by atoms with E-state index in [0.29, 0.717) is 0 Å². The van der Waals surface area contributed by atoms with Gasteiger partial charge in [-0.25, -0.2) is 0 Å². The van der Waals surface area contributed by atoms with Crippen LogP contribution in [0, 0.1) is 0 Å². The lowest BCUT2D eigenvalue weighted by Crippen LogP contribution is -2.66. The molecule has 1 N–H and O–H groups in total. The Bertz CT molecular complexity index is 635. The third-order valence-corrected chi connectivity index (χ3v) is 9.99. The van der Waals surface area contributed by atoms with Gasteiger partial charge in [-0.05, 0) is 41.1 Å². The van der Waals surface area contributed by atoms with Gasteiger partial charge in [0.2, 0.25) is 0 Å². The molecule has 0 saturated carbocycles. The van der Waals surface area contributed by atoms with E-state index in [4.69, 9.17) is 9.53 Å². The van der Waals surface area contributed by atoms with Crippen LogP contribution in [-0.2, 0) is 4.43 Å². The summed E-state index contributed by atoms with van der Waals surface area (Å²) in [6.07, 6.45) is 8.20. The number of aliphatic hydroxyl groups is 1. The average molecular weight is 383 g/mol. The molecule has 0 spiro atoms. The molecule has 0 bridgehead atoms. The van der Waals surface area contributed by atoms with Crippen LogP contribution in [0.1, 0.15) is 46.5 Å². The Labute approximate surface area is 166 Å². The maximum absolute atomic E-state index is 8.84. The van der Waals surface area contributed by atoms with Crippen LogP contribution in [0.4, 0.5) is 0 Å². The highest BCUT2D eigenvalue weighted by molar-refractivity contribution is 6.99. The lowest BCUT2D eigenvalue weighted by atomic mass is 10.2. The summed E-state index contributed by atoms with van der Waals surface area (Å²) in [7, 11) is -2.39. The van der Waals surface area contributed by atoms with E-state index in [1.54, 1.807) is 0 Å². The number of hydrogen-bond donors (Lipinski definition) is 1. The molecule has 0 heterocycles. The van der Waals surface area contributed by atoms with Gasteiger partial charge in [0.15, 0.2) is 0 Å². The summed E-state index contributed by atoms with van der Waals surface area (Å²) in [6.45, 7) is 7.97. The van der Waals surface area contributed by atoms with E-state index >= 15 is 0 Å². The molecular formula is C24H34O2Si. The molecule has 0 saturated heterocycles. The molecule has 3 heteroatoms. The van der Waals surface area contributed by atoms with Crippen molar-refractivity contribution in [2.75, 3.05) is 13.2 Å². The molecule has 2 nitrogen and oxygen atoms in total. The average Bonchev–Trinajstić information content (AvgIpc) is 2.67. The Morgan fingerprint density at radius 1 is 0.815 bits per heavy atom. The maximum Gasteiger partial charge on any atom is 0.261 e. The van der Waals surface area contributed by atoms with E-state index in [0.717, 1.165) is 32.3 Å². The smallest absolute Gasteiger partial charge is 0.261 e. The highest BCUT2D eigenvalue weighted by Crippen LogP contribution is 2.36. The van der Waals surface area contributed by atoms with Crippen LogP contribution in [0.2, 0.25) is 5.04 Å². The zero-order chi connectivity index (χ0) is 19.6. The molecule has 0 amide bonds. The number of rotatable bonds is 10. The molecular weight excluding hydrogens is 348 g/mol. The van der Waals surface area contributed by atoms with E-state index < -0.39 is 8.32 Å². The monoisotopic (exact) mass is 382 g/mol. The zero-order valence-corrected chi connectivity index (χ0v) is 18.0. The summed E-state index contributed by atoms with van der Waals surface area (Å²) in [6, 6.07) is 21.6. The van der Waals surface area contributed by atoms with Crippen molar-refractivity contribution in [3.63, 3.8) is 0 Å². The number of hydrogen-bond acceptors (Lipinski definition) is 2. The summed E-state index contributed by atoms with van der Waals surface area (Å²) in [4.78, 5) is 0. The summed E-state index contributed by atoms with van der Waals surface area (Å²) in [5.41, 5.74) is 0. The minimum absolute atomic E-state index is 0.0344. The van der Waals surface area contributed by atoms with Crippen LogP contribution in [0.5, 0.6) is 0 Å². The fourth-order valence-electron chi connectivity index (χ4n) is 3.63. The molecule has 0 aliphatic carbocycles. The standard InChI is InChI=1S/C24H34O2Si/c1-24(2,3)27(22-16-10-8-11-17-22,23-18-12-9-13-19-23)26-21-15-7-5-4-6-14-20-25/h4-5,8-13,16-19,25H,6-7,14-15,20-21H2,1-3H3. The first-order valence-corrected chi connectivity index (χ1v) is 11.9. The Hall–Kier alpha value is -1.68. The van der Waals surface area contributed by atoms with Crippen LogP contribution in [-0.4, -0.2) is 26.6 Å². The molecule has 0 aliphatic rings. The Kier molecular flexibility index (Phi) is 8.49. The summed E-state index contributed by atoms with van der Waals surface area (Å²) in [5.74, 6) is 0. The molecule has 0 radical (unpaired) electrons. The predicted molar refractivity (Wildman–Crippen MR) is 118 cm³/mol. The van der Waals surface area contributed by atoms with Gasteiger partial charge in [0, 0.05) is 13.2 Å². The fourth-order valence-corrected chi connectivity index (χ4v) is 8.24. The largest absolute Gasteiger partial charge is 0.407 e. The molecule has 2 aromatic carbocycles. The topological polar surface area (TPSA) is 29.5 Å². The van der Waals surface area contributed by atoms with Gasteiger partial charge in [0.25, 0.3) is 8.32 Å². The lowest BCUT2D eigenvalue weighted by Gasteiger charge is -2.43. The van der Waals surface area contributed by atoms with Gasteiger partial charge in [-0.2, -0.15) is 0 Å². The minimum Gasteiger partial charge on any atom is -0.407 e. The second kappa shape index (κ2) is 10.6. The van der Waals surface area contributed by atoms with Crippen molar-refractivity contribution >= 4 is 18.7 Å². The fraction of sp³-hybridized carbons (Fsp3) is 0.417. The Morgan fingerprint density at radius 3 is 1.74 bits per heavy atom. The van der Waals surface area contributed by atoms with Crippen LogP contribution in [0.3, 0.4) is 0 Å². The van der Waals surface area contributed by atoms with Crippen molar-refractivity contribution in [3.05, 3.63) is 72.8 Å². The highest BCUT2D eigenvalue weighted by atomic mass is 28.4. The minimum atomic E-state index is -2.39. The van der Waals surface area contributed by atoms with Crippen LogP contribution < -0.4 is 10.4 Å². The van der Waals surface area contributed by atoms with E-state index in [9.17, 15) is 0 Å². The third kappa shape index (κ3) is 5.65. The molecule has 146 valence electrons. The molecule has 0 fully saturated rings. The Morgan fingerprint density at radius 2 is 1.30 bits per heavy atom. The van der Waals surface area contributed by atoms with Crippen molar-refractivity contribution in [2.45, 2.75) is 51.5 Å². The van der Waals surface area contributed by atoms with E-state index in [1.807, 2.05) is 0 Å². The van der Waals surface area contributed by atoms with Gasteiger partial charge >= 0.3 is 0 Å². The summed E-state index contributed by atoms with van der Waals surface area (Å²) < 4.78 is 6.86. The van der Waals surface area contributed by atoms with Gasteiger partial charge in [-0.15, -0.1) is 0 Å². The van der Waals surface area contributed by atoms with E-state index in [2.05, 4.69) is 93.6 Å². The first-order chi connectivity index (χ1) is 13.0. The molecule has 0 unspecified atom stereocenters. The predicted octanol–water partition coefficient (Wildman–Crippen LogP) is 4.67. The SMILES string of the molecule is CC(C)(C)[Si](OCCCC=CCCCO)(c1ccccc1)c1ccccc1. The van der Waals surface area contributed by atoms with Crippen molar-refractivity contribution in [2.24, 2.45) is 0 Å². The number of aliphatic hydroxyl groups excluding tert-OH is 1. The first kappa shape index (κ1) is 21.6. The van der Waals surface area contributed by atoms with E-state index in [-0.39, 0.29) is 11.6 Å². The Balaban J connectivity index is 2.21. The number of allylic oxidation sites excluding steroid dienone is 2.